The van der Waals surface area contributed by atoms with Crippen LogP contribution in [0.15, 0.2) is 77.8 Å². The van der Waals surface area contributed by atoms with Gasteiger partial charge in [-0.05, 0) is 29.8 Å². The summed E-state index contributed by atoms with van der Waals surface area (Å²) in [6, 6.07) is 21.8. The predicted octanol–water partition coefficient (Wildman–Crippen LogP) is 5.34. The number of rotatable bonds is 5. The Labute approximate surface area is 212 Å². The molecule has 0 aliphatic carbocycles. The molecule has 8 heteroatoms. The maximum atomic E-state index is 14.0. The quantitative estimate of drug-likeness (QED) is 0.398. The minimum absolute atomic E-state index is 0.176. The number of halogens is 1. The first-order valence-corrected chi connectivity index (χ1v) is 12.5. The van der Waals surface area contributed by atoms with Crippen molar-refractivity contribution in [1.29, 1.82) is 0 Å². The fourth-order valence-electron chi connectivity index (χ4n) is 4.57. The van der Waals surface area contributed by atoms with Gasteiger partial charge in [0.2, 0.25) is 11.8 Å². The molecule has 4 aromatic rings. The van der Waals surface area contributed by atoms with Crippen LogP contribution < -0.4 is 15.0 Å². The number of ether oxygens (including phenoxy) is 1. The summed E-state index contributed by atoms with van der Waals surface area (Å²) in [6.45, 7) is 0.345. The highest BCUT2D eigenvalue weighted by Gasteiger charge is 2.40. The van der Waals surface area contributed by atoms with Gasteiger partial charge >= 0.3 is 0 Å². The number of methoxy groups -OCH3 is 1. The Bertz CT molecular complexity index is 1420. The second-order valence-electron chi connectivity index (χ2n) is 8.27. The van der Waals surface area contributed by atoms with E-state index in [9.17, 15) is 9.59 Å². The summed E-state index contributed by atoms with van der Waals surface area (Å²) in [5.41, 5.74) is 3.23. The van der Waals surface area contributed by atoms with Crippen LogP contribution in [0.2, 0.25) is 5.02 Å². The number of hydrogen-bond acceptors (Lipinski definition) is 4. The van der Waals surface area contributed by atoms with E-state index in [0.29, 0.717) is 23.0 Å². The Hall–Kier alpha value is -3.42. The Morgan fingerprint density at radius 3 is 2.63 bits per heavy atom. The van der Waals surface area contributed by atoms with Crippen LogP contribution in [0.5, 0.6) is 5.75 Å². The fourth-order valence-corrected chi connectivity index (χ4v) is 5.80. The highest BCUT2D eigenvalue weighted by atomic mass is 35.5. The van der Waals surface area contributed by atoms with Gasteiger partial charge in [0.1, 0.15) is 11.8 Å². The lowest BCUT2D eigenvalue weighted by molar-refractivity contribution is -0.125. The number of para-hydroxylation sites is 1. The number of carbonyl (C=O) groups is 2. The molecule has 1 N–H and O–H groups in total. The predicted molar refractivity (Wildman–Crippen MR) is 140 cm³/mol. The molecule has 0 fully saturated rings. The summed E-state index contributed by atoms with van der Waals surface area (Å²) in [4.78, 5) is 29.1. The number of amides is 2. The van der Waals surface area contributed by atoms with Crippen LogP contribution in [0, 0.1) is 0 Å². The Balaban J connectivity index is 1.69. The molecule has 2 heterocycles. The summed E-state index contributed by atoms with van der Waals surface area (Å²) >= 11 is 7.79. The maximum Gasteiger partial charge on any atom is 0.248 e. The minimum Gasteiger partial charge on any atom is -0.495 e. The van der Waals surface area contributed by atoms with E-state index in [4.69, 9.17) is 16.3 Å². The number of benzene rings is 3. The molecule has 0 unspecified atom stereocenters. The van der Waals surface area contributed by atoms with Crippen molar-refractivity contribution in [3.63, 3.8) is 0 Å². The number of aryl methyl sites for hydroxylation is 1. The van der Waals surface area contributed by atoms with E-state index in [0.717, 1.165) is 27.1 Å². The Morgan fingerprint density at radius 1 is 1.11 bits per heavy atom. The van der Waals surface area contributed by atoms with Crippen LogP contribution in [0.1, 0.15) is 17.2 Å². The van der Waals surface area contributed by atoms with E-state index in [1.54, 1.807) is 18.2 Å². The molecular weight excluding hydrogens is 482 g/mol. The van der Waals surface area contributed by atoms with E-state index < -0.39 is 6.04 Å². The van der Waals surface area contributed by atoms with Crippen molar-refractivity contribution >= 4 is 51.8 Å². The van der Waals surface area contributed by atoms with Gasteiger partial charge in [-0.1, -0.05) is 71.9 Å². The Morgan fingerprint density at radius 2 is 1.86 bits per heavy atom. The average molecular weight is 506 g/mol. The second-order valence-corrected chi connectivity index (χ2v) is 9.67. The monoisotopic (exact) mass is 505 g/mol. The van der Waals surface area contributed by atoms with Crippen LogP contribution in [-0.4, -0.2) is 29.2 Å². The van der Waals surface area contributed by atoms with E-state index in [1.165, 1.54) is 23.8 Å². The lowest BCUT2D eigenvalue weighted by atomic mass is 10.0. The molecule has 0 bridgehead atoms. The van der Waals surface area contributed by atoms with Crippen molar-refractivity contribution in [1.82, 2.24) is 9.88 Å². The number of anilines is 1. The van der Waals surface area contributed by atoms with Crippen molar-refractivity contribution < 1.29 is 14.3 Å². The van der Waals surface area contributed by atoms with Gasteiger partial charge in [-0.3, -0.25) is 14.5 Å². The van der Waals surface area contributed by atoms with Crippen molar-refractivity contribution in [2.24, 2.45) is 7.05 Å². The molecule has 0 saturated carbocycles. The van der Waals surface area contributed by atoms with Crippen LogP contribution >= 0.6 is 23.4 Å². The number of nitrogens with one attached hydrogen (secondary N) is 1. The van der Waals surface area contributed by atoms with Crippen molar-refractivity contribution in [3.05, 3.63) is 88.9 Å². The summed E-state index contributed by atoms with van der Waals surface area (Å²) in [6.07, 6.45) is 0. The van der Waals surface area contributed by atoms with Gasteiger partial charge in [-0.15, -0.1) is 0 Å². The van der Waals surface area contributed by atoms with Gasteiger partial charge < -0.3 is 14.6 Å². The number of fused-ring (bicyclic) bond motifs is 3. The third-order valence-electron chi connectivity index (χ3n) is 6.18. The molecule has 2 amide bonds. The van der Waals surface area contributed by atoms with Gasteiger partial charge in [-0.25, -0.2) is 0 Å². The van der Waals surface area contributed by atoms with Crippen LogP contribution in [0.4, 0.5) is 5.69 Å². The summed E-state index contributed by atoms with van der Waals surface area (Å²) in [5.74, 6) is 0.173. The van der Waals surface area contributed by atoms with E-state index in [2.05, 4.69) is 9.88 Å². The Kier molecular flexibility index (Phi) is 6.45. The van der Waals surface area contributed by atoms with Gasteiger partial charge in [-0.2, -0.15) is 0 Å². The zero-order chi connectivity index (χ0) is 24.5. The first-order valence-electron chi connectivity index (χ1n) is 11.2. The van der Waals surface area contributed by atoms with Crippen molar-refractivity contribution in [3.8, 4) is 5.75 Å². The topological polar surface area (TPSA) is 63.6 Å². The van der Waals surface area contributed by atoms with E-state index in [1.807, 2.05) is 61.6 Å². The molecule has 1 aliphatic rings. The first-order chi connectivity index (χ1) is 17.0. The molecule has 0 radical (unpaired) electrons. The maximum absolute atomic E-state index is 14.0. The standard InChI is InChI=1S/C27H24ClN3O3S/c1-30-20-11-7-6-10-19(20)24-25(26(33)29-15-17-8-4-3-5-9-17)31(23(32)16-35-27(24)30)21-14-18(28)12-13-22(21)34-2/h3-14,25H,15-16H2,1-2H3,(H,29,33)/t25-/m1/s1. The molecule has 35 heavy (non-hydrogen) atoms. The molecular formula is C27H24ClN3O3S. The van der Waals surface area contributed by atoms with Crippen molar-refractivity contribution in [2.75, 3.05) is 17.8 Å². The summed E-state index contributed by atoms with van der Waals surface area (Å²) in [7, 11) is 3.50. The minimum atomic E-state index is -0.908. The lowest BCUT2D eigenvalue weighted by Crippen LogP contribution is -2.44. The van der Waals surface area contributed by atoms with Gasteiger partial charge in [0.15, 0.2) is 0 Å². The van der Waals surface area contributed by atoms with Crippen molar-refractivity contribution in [2.45, 2.75) is 17.6 Å². The van der Waals surface area contributed by atoms with Crippen LogP contribution in [0.3, 0.4) is 0 Å². The SMILES string of the molecule is COc1ccc(Cl)cc1N1C(=O)CSc2c(c3ccccc3n2C)[C@@H]1C(=O)NCc1ccccc1. The van der Waals surface area contributed by atoms with Gasteiger partial charge in [0.05, 0.1) is 23.6 Å². The number of carbonyl (C=O) groups excluding carboxylic acids is 2. The molecule has 5 rings (SSSR count). The normalized spacial score (nSPS) is 15.6. The molecule has 0 spiro atoms. The number of hydrogen-bond donors (Lipinski definition) is 1. The number of nitrogens with zero attached hydrogens (tertiary/aromatic N) is 2. The zero-order valence-corrected chi connectivity index (χ0v) is 20.9. The van der Waals surface area contributed by atoms with E-state index >= 15 is 0 Å². The summed E-state index contributed by atoms with van der Waals surface area (Å²) in [5, 5.41) is 5.33. The van der Waals surface area contributed by atoms with Crippen LogP contribution in [-0.2, 0) is 23.2 Å². The van der Waals surface area contributed by atoms with Crippen LogP contribution in [0.25, 0.3) is 10.9 Å². The molecule has 1 aromatic heterocycles. The highest BCUT2D eigenvalue weighted by Crippen LogP contribution is 2.45. The molecule has 1 aliphatic heterocycles. The third-order valence-corrected chi connectivity index (χ3v) is 7.58. The number of thioether (sulfide) groups is 1. The average Bonchev–Trinajstić information content (AvgIpc) is 3.05. The highest BCUT2D eigenvalue weighted by molar-refractivity contribution is 8.00. The van der Waals surface area contributed by atoms with E-state index in [-0.39, 0.29) is 17.6 Å². The largest absolute Gasteiger partial charge is 0.495 e. The molecule has 0 saturated heterocycles. The van der Waals surface area contributed by atoms with Gasteiger partial charge in [0.25, 0.3) is 0 Å². The molecule has 178 valence electrons. The molecule has 6 nitrogen and oxygen atoms in total. The fraction of sp³-hybridized carbons (Fsp3) is 0.185. The second kappa shape index (κ2) is 9.68. The summed E-state index contributed by atoms with van der Waals surface area (Å²) < 4.78 is 7.64. The zero-order valence-electron chi connectivity index (χ0n) is 19.3. The lowest BCUT2D eigenvalue weighted by Gasteiger charge is -2.31. The number of aromatic nitrogens is 1. The first kappa shape index (κ1) is 23.3. The third kappa shape index (κ3) is 4.26. The molecule has 1 atom stereocenters. The van der Waals surface area contributed by atoms with Gasteiger partial charge in [0, 0.05) is 35.1 Å². The smallest absolute Gasteiger partial charge is 0.248 e. The molecule has 3 aromatic carbocycles.